The minimum absolute atomic E-state index is 0.319. The molecular weight excluding hydrogens is 417 g/mol. The number of hydrogen-bond acceptors (Lipinski definition) is 4. The molecule has 144 valence electrons. The Kier molecular flexibility index (Phi) is 7.24. The number of carbonyl (C=O) groups excluding carboxylic acids is 1. The Hall–Kier alpha value is -2.54. The van der Waals surface area contributed by atoms with E-state index in [0.29, 0.717) is 22.8 Å². The van der Waals surface area contributed by atoms with Crippen molar-refractivity contribution in [3.8, 4) is 17.2 Å². The molecule has 0 spiro atoms. The lowest BCUT2D eigenvalue weighted by atomic mass is 10.1. The molecule has 0 heterocycles. The average molecular weight is 438 g/mol. The first kappa shape index (κ1) is 20.8. The molecule has 0 aliphatic carbocycles. The highest BCUT2D eigenvalue weighted by molar-refractivity contribution is 9.10. The van der Waals surface area contributed by atoms with Gasteiger partial charge in [-0.05, 0) is 48.9 Å². The molecule has 2 rings (SSSR count). The van der Waals surface area contributed by atoms with Crippen molar-refractivity contribution in [3.05, 3.63) is 57.8 Å². The van der Waals surface area contributed by atoms with Gasteiger partial charge in [-0.2, -0.15) is 0 Å². The molecule has 1 amide bonds. The fraction of sp³-hybridized carbons (Fsp3) is 0.250. The third kappa shape index (κ3) is 5.23. The largest absolute Gasteiger partial charge is 0.493 e. The third-order valence-corrected chi connectivity index (χ3v) is 4.41. The van der Waals surface area contributed by atoms with E-state index in [4.69, 9.17) is 14.2 Å². The monoisotopic (exact) mass is 437 g/mol. The van der Waals surface area contributed by atoms with Gasteiger partial charge in [-0.25, -0.2) is 4.39 Å². The van der Waals surface area contributed by atoms with Crippen LogP contribution in [0.1, 0.15) is 24.1 Å². The number of amides is 1. The van der Waals surface area contributed by atoms with Gasteiger partial charge in [0, 0.05) is 16.1 Å². The zero-order valence-electron chi connectivity index (χ0n) is 15.5. The van der Waals surface area contributed by atoms with E-state index in [2.05, 4.69) is 21.2 Å². The molecule has 1 N–H and O–H groups in total. The van der Waals surface area contributed by atoms with Gasteiger partial charge in [0.1, 0.15) is 5.82 Å². The second-order valence-corrected chi connectivity index (χ2v) is 6.60. The first-order valence-corrected chi connectivity index (χ1v) is 8.92. The van der Waals surface area contributed by atoms with Gasteiger partial charge >= 0.3 is 0 Å². The number of ether oxygens (including phenoxy) is 3. The fourth-order valence-electron chi connectivity index (χ4n) is 2.50. The van der Waals surface area contributed by atoms with Gasteiger partial charge in [0.15, 0.2) is 11.5 Å². The second kappa shape index (κ2) is 9.41. The maximum atomic E-state index is 13.7. The van der Waals surface area contributed by atoms with Crippen molar-refractivity contribution in [1.82, 2.24) is 5.32 Å². The third-order valence-electron chi connectivity index (χ3n) is 3.92. The highest BCUT2D eigenvalue weighted by Gasteiger charge is 2.17. The molecule has 7 heteroatoms. The van der Waals surface area contributed by atoms with E-state index in [1.54, 1.807) is 24.3 Å². The van der Waals surface area contributed by atoms with Crippen LogP contribution >= 0.6 is 15.9 Å². The minimum atomic E-state index is -0.403. The Balaban J connectivity index is 2.16. The summed E-state index contributed by atoms with van der Waals surface area (Å²) in [7, 11) is 4.58. The number of rotatable bonds is 7. The average Bonchev–Trinajstić information content (AvgIpc) is 2.67. The van der Waals surface area contributed by atoms with E-state index in [1.165, 1.54) is 39.5 Å². The summed E-state index contributed by atoms with van der Waals surface area (Å²) >= 11 is 3.28. The zero-order chi connectivity index (χ0) is 20.0. The Morgan fingerprint density at radius 1 is 1.11 bits per heavy atom. The molecule has 0 aromatic heterocycles. The number of carbonyl (C=O) groups is 1. The molecule has 1 unspecified atom stereocenters. The molecule has 5 nitrogen and oxygen atoms in total. The Morgan fingerprint density at radius 3 is 2.30 bits per heavy atom. The van der Waals surface area contributed by atoms with Gasteiger partial charge in [0.2, 0.25) is 11.7 Å². The van der Waals surface area contributed by atoms with Crippen LogP contribution in [0.15, 0.2) is 40.9 Å². The number of nitrogens with one attached hydrogen (secondary N) is 1. The molecule has 0 saturated carbocycles. The number of halogens is 2. The van der Waals surface area contributed by atoms with E-state index in [-0.39, 0.29) is 11.9 Å². The summed E-state index contributed by atoms with van der Waals surface area (Å²) in [6.07, 6.45) is 2.72. The predicted octanol–water partition coefficient (Wildman–Crippen LogP) is 4.50. The molecule has 0 aliphatic heterocycles. The van der Waals surface area contributed by atoms with Gasteiger partial charge in [-0.15, -0.1) is 0 Å². The van der Waals surface area contributed by atoms with Crippen LogP contribution in [-0.4, -0.2) is 27.2 Å². The molecule has 2 aromatic carbocycles. The summed E-state index contributed by atoms with van der Waals surface area (Å²) in [4.78, 5) is 12.2. The van der Waals surface area contributed by atoms with Crippen LogP contribution in [0, 0.1) is 5.82 Å². The number of methoxy groups -OCH3 is 3. The zero-order valence-corrected chi connectivity index (χ0v) is 17.1. The lowest BCUT2D eigenvalue weighted by Crippen LogP contribution is -2.24. The van der Waals surface area contributed by atoms with Crippen molar-refractivity contribution in [2.75, 3.05) is 21.3 Å². The van der Waals surface area contributed by atoms with E-state index in [9.17, 15) is 9.18 Å². The molecule has 1 atom stereocenters. The van der Waals surface area contributed by atoms with Crippen molar-refractivity contribution in [1.29, 1.82) is 0 Å². The van der Waals surface area contributed by atoms with Gasteiger partial charge in [-0.1, -0.05) is 15.9 Å². The fourth-order valence-corrected chi connectivity index (χ4v) is 2.88. The summed E-state index contributed by atoms with van der Waals surface area (Å²) in [6.45, 7) is 1.83. The molecule has 0 radical (unpaired) electrons. The van der Waals surface area contributed by atoms with Crippen molar-refractivity contribution in [2.45, 2.75) is 13.0 Å². The highest BCUT2D eigenvalue weighted by atomic mass is 79.9. The molecule has 0 aliphatic rings. The SMILES string of the molecule is COc1cc(C(C)NC(=O)/C=C/c2cc(Br)ccc2F)cc(OC)c1OC. The van der Waals surface area contributed by atoms with Crippen LogP contribution in [0.4, 0.5) is 4.39 Å². The van der Waals surface area contributed by atoms with Crippen LogP contribution in [-0.2, 0) is 4.79 Å². The first-order valence-electron chi connectivity index (χ1n) is 8.13. The predicted molar refractivity (Wildman–Crippen MR) is 106 cm³/mol. The van der Waals surface area contributed by atoms with Gasteiger partial charge in [0.05, 0.1) is 27.4 Å². The summed E-state index contributed by atoms with van der Waals surface area (Å²) in [5.41, 5.74) is 1.10. The maximum Gasteiger partial charge on any atom is 0.244 e. The maximum absolute atomic E-state index is 13.7. The molecule has 0 fully saturated rings. The molecule has 0 saturated heterocycles. The summed E-state index contributed by atoms with van der Waals surface area (Å²) < 4.78 is 30.4. The normalized spacial score (nSPS) is 11.9. The van der Waals surface area contributed by atoms with Crippen molar-refractivity contribution >= 4 is 27.9 Å². The summed E-state index contributed by atoms with van der Waals surface area (Å²) in [6, 6.07) is 7.73. The van der Waals surface area contributed by atoms with E-state index < -0.39 is 5.82 Å². The Morgan fingerprint density at radius 2 is 1.74 bits per heavy atom. The van der Waals surface area contributed by atoms with Crippen molar-refractivity contribution in [2.24, 2.45) is 0 Å². The Labute approximate surface area is 166 Å². The second-order valence-electron chi connectivity index (χ2n) is 5.69. The van der Waals surface area contributed by atoms with Crippen LogP contribution in [0.2, 0.25) is 0 Å². The minimum Gasteiger partial charge on any atom is -0.493 e. The van der Waals surface area contributed by atoms with Gasteiger partial charge in [0.25, 0.3) is 0 Å². The standard InChI is InChI=1S/C20H21BrFNO4/c1-12(14-10-17(25-2)20(27-4)18(11-14)26-3)23-19(24)8-5-13-9-15(21)6-7-16(13)22/h5-12H,1-4H3,(H,23,24)/b8-5+. The molecule has 27 heavy (non-hydrogen) atoms. The first-order chi connectivity index (χ1) is 12.9. The van der Waals surface area contributed by atoms with Crippen LogP contribution in [0.25, 0.3) is 6.08 Å². The van der Waals surface area contributed by atoms with Gasteiger partial charge in [-0.3, -0.25) is 4.79 Å². The quantitative estimate of drug-likeness (QED) is 0.647. The van der Waals surface area contributed by atoms with Gasteiger partial charge < -0.3 is 19.5 Å². The smallest absolute Gasteiger partial charge is 0.244 e. The van der Waals surface area contributed by atoms with Crippen LogP contribution in [0.3, 0.4) is 0 Å². The number of hydrogen-bond donors (Lipinski definition) is 1. The Bertz CT molecular complexity index is 829. The lowest BCUT2D eigenvalue weighted by molar-refractivity contribution is -0.117. The lowest BCUT2D eigenvalue weighted by Gasteiger charge is -2.18. The molecule has 0 bridgehead atoms. The molecular formula is C20H21BrFNO4. The van der Waals surface area contributed by atoms with E-state index in [1.807, 2.05) is 6.92 Å². The van der Waals surface area contributed by atoms with Crippen molar-refractivity contribution < 1.29 is 23.4 Å². The van der Waals surface area contributed by atoms with E-state index >= 15 is 0 Å². The van der Waals surface area contributed by atoms with E-state index in [0.717, 1.165) is 10.0 Å². The summed E-state index contributed by atoms with van der Waals surface area (Å²) in [5, 5.41) is 2.83. The highest BCUT2D eigenvalue weighted by Crippen LogP contribution is 2.39. The topological polar surface area (TPSA) is 56.8 Å². The van der Waals surface area contributed by atoms with Crippen LogP contribution in [0.5, 0.6) is 17.2 Å². The van der Waals surface area contributed by atoms with Crippen LogP contribution < -0.4 is 19.5 Å². The van der Waals surface area contributed by atoms with Crippen molar-refractivity contribution in [3.63, 3.8) is 0 Å². The summed E-state index contributed by atoms with van der Waals surface area (Å²) in [5.74, 6) is 0.724. The number of benzene rings is 2. The molecule has 2 aromatic rings.